The number of halogens is 1. The van der Waals surface area contributed by atoms with Gasteiger partial charge in [0.1, 0.15) is 24.3 Å². The second-order valence-corrected chi connectivity index (χ2v) is 8.74. The van der Waals surface area contributed by atoms with Gasteiger partial charge in [0, 0.05) is 17.9 Å². The molecule has 1 heterocycles. The molecule has 10 heteroatoms. The topological polar surface area (TPSA) is 120 Å². The third-order valence-corrected chi connectivity index (χ3v) is 6.53. The molecule has 3 aromatic rings. The molecule has 0 saturated carbocycles. The van der Waals surface area contributed by atoms with Crippen LogP contribution < -0.4 is 5.32 Å². The number of hydrogen-bond acceptors (Lipinski definition) is 6. The van der Waals surface area contributed by atoms with E-state index >= 15 is 0 Å². The quantitative estimate of drug-likeness (QED) is 0.417. The zero-order valence-electron chi connectivity index (χ0n) is 19.9. The fourth-order valence-electron chi connectivity index (χ4n) is 4.44. The number of ether oxygens (including phenoxy) is 2. The van der Waals surface area contributed by atoms with Crippen LogP contribution in [-0.4, -0.2) is 52.2 Å². The predicted octanol–water partition coefficient (Wildman–Crippen LogP) is 3.94. The number of nitrogens with one attached hydrogen (secondary N) is 1. The van der Waals surface area contributed by atoms with Gasteiger partial charge < -0.3 is 19.9 Å². The Labute approximate surface area is 213 Å². The summed E-state index contributed by atoms with van der Waals surface area (Å²) in [5.74, 6) is -1.92. The fraction of sp³-hybridized carbons (Fsp3) is 0.308. The second kappa shape index (κ2) is 10.8. The average Bonchev–Trinajstić information content (AvgIpc) is 3.31. The Balaban J connectivity index is 1.43. The van der Waals surface area contributed by atoms with Crippen LogP contribution in [0.3, 0.4) is 0 Å². The van der Waals surface area contributed by atoms with E-state index in [1.807, 2.05) is 48.5 Å². The largest absolute Gasteiger partial charge is 0.480 e. The number of carboxylic acid groups (broad SMARTS) is 1. The zero-order valence-corrected chi connectivity index (χ0v) is 20.6. The van der Waals surface area contributed by atoms with Crippen LogP contribution in [0, 0.1) is 6.92 Å². The maximum Gasteiger partial charge on any atom is 0.407 e. The lowest BCUT2D eigenvalue weighted by molar-refractivity contribution is -0.144. The first-order chi connectivity index (χ1) is 17.3. The lowest BCUT2D eigenvalue weighted by Crippen LogP contribution is -2.43. The number of hydrogen-bond donors (Lipinski definition) is 2. The van der Waals surface area contributed by atoms with Crippen LogP contribution in [0.5, 0.6) is 0 Å². The first-order valence-corrected chi connectivity index (χ1v) is 11.9. The van der Waals surface area contributed by atoms with Gasteiger partial charge in [-0.2, -0.15) is 5.10 Å². The Morgan fingerprint density at radius 3 is 2.28 bits per heavy atom. The Bertz CT molecular complexity index is 1260. The lowest BCUT2D eigenvalue weighted by Gasteiger charge is -2.17. The molecule has 188 valence electrons. The van der Waals surface area contributed by atoms with E-state index in [1.54, 1.807) is 13.8 Å². The van der Waals surface area contributed by atoms with Gasteiger partial charge >= 0.3 is 18.0 Å². The normalized spacial score (nSPS) is 13.0. The summed E-state index contributed by atoms with van der Waals surface area (Å²) < 4.78 is 11.6. The molecule has 2 aromatic carbocycles. The molecule has 0 bridgehead atoms. The molecule has 0 aliphatic heterocycles. The summed E-state index contributed by atoms with van der Waals surface area (Å²) in [5.41, 5.74) is 5.15. The lowest BCUT2D eigenvalue weighted by atomic mass is 9.98. The van der Waals surface area contributed by atoms with Crippen molar-refractivity contribution in [2.24, 2.45) is 0 Å². The number of aromatic nitrogens is 2. The highest BCUT2D eigenvalue weighted by atomic mass is 35.5. The molecule has 1 aliphatic carbocycles. The summed E-state index contributed by atoms with van der Waals surface area (Å²) in [7, 11) is 0. The van der Waals surface area contributed by atoms with E-state index in [0.29, 0.717) is 11.3 Å². The van der Waals surface area contributed by atoms with E-state index in [-0.39, 0.29) is 37.3 Å². The van der Waals surface area contributed by atoms with Crippen molar-refractivity contribution in [2.45, 2.75) is 38.8 Å². The molecule has 1 amide bonds. The van der Waals surface area contributed by atoms with Gasteiger partial charge in [-0.3, -0.25) is 4.79 Å². The molecular weight excluding hydrogens is 486 g/mol. The van der Waals surface area contributed by atoms with E-state index < -0.39 is 24.1 Å². The van der Waals surface area contributed by atoms with E-state index in [0.717, 1.165) is 22.3 Å². The predicted molar refractivity (Wildman–Crippen MR) is 132 cm³/mol. The van der Waals surface area contributed by atoms with Crippen molar-refractivity contribution in [2.75, 3.05) is 13.2 Å². The summed E-state index contributed by atoms with van der Waals surface area (Å²) in [4.78, 5) is 36.3. The molecule has 1 atom stereocenters. The van der Waals surface area contributed by atoms with Crippen molar-refractivity contribution in [3.8, 4) is 11.1 Å². The number of esters is 1. The smallest absolute Gasteiger partial charge is 0.407 e. The van der Waals surface area contributed by atoms with Crippen LogP contribution in [0.1, 0.15) is 35.2 Å². The minimum Gasteiger partial charge on any atom is -0.480 e. The monoisotopic (exact) mass is 511 g/mol. The van der Waals surface area contributed by atoms with Crippen LogP contribution in [0.2, 0.25) is 5.15 Å². The summed E-state index contributed by atoms with van der Waals surface area (Å²) in [6.45, 7) is 3.41. The van der Waals surface area contributed by atoms with Crippen LogP contribution in [0.4, 0.5) is 4.79 Å². The number of amides is 1. The maximum absolute atomic E-state index is 12.6. The number of carbonyl (C=O) groups excluding carboxylic acids is 2. The van der Waals surface area contributed by atoms with Gasteiger partial charge in [0.25, 0.3) is 0 Å². The summed E-state index contributed by atoms with van der Waals surface area (Å²) in [5, 5.41) is 16.4. The molecule has 0 saturated heterocycles. The van der Waals surface area contributed by atoms with Crippen LogP contribution >= 0.6 is 11.6 Å². The Morgan fingerprint density at radius 1 is 1.08 bits per heavy atom. The summed E-state index contributed by atoms with van der Waals surface area (Å²) in [6.07, 6.45) is -0.982. The standard InChI is InChI=1S/C26H26ClN3O6/c1-3-35-23(31)13-30-24(27)20(15(2)29-30)12-22(25(32)33)28-26(34)36-14-21-18-10-6-4-8-16(18)17-9-5-7-11-19(17)21/h4-11,21-22H,3,12-14H2,1-2H3,(H,28,34)(H,32,33). The van der Waals surface area contributed by atoms with Crippen LogP contribution in [-0.2, 0) is 32.0 Å². The highest BCUT2D eigenvalue weighted by molar-refractivity contribution is 6.30. The Morgan fingerprint density at radius 2 is 1.69 bits per heavy atom. The Hall–Kier alpha value is -3.85. The van der Waals surface area contributed by atoms with E-state index in [1.165, 1.54) is 4.68 Å². The Kier molecular flexibility index (Phi) is 7.59. The fourth-order valence-corrected chi connectivity index (χ4v) is 4.75. The molecule has 4 rings (SSSR count). The molecule has 0 radical (unpaired) electrons. The van der Waals surface area contributed by atoms with Crippen LogP contribution in [0.25, 0.3) is 11.1 Å². The van der Waals surface area contributed by atoms with E-state index in [4.69, 9.17) is 21.1 Å². The molecule has 0 fully saturated rings. The molecular formula is C26H26ClN3O6. The SMILES string of the molecule is CCOC(=O)Cn1nc(C)c(CC(NC(=O)OCC2c3ccccc3-c3ccccc32)C(=O)O)c1Cl. The molecule has 36 heavy (non-hydrogen) atoms. The first kappa shape index (κ1) is 25.2. The van der Waals surface area contributed by atoms with Gasteiger partial charge in [0.15, 0.2) is 0 Å². The third-order valence-electron chi connectivity index (χ3n) is 6.11. The van der Waals surface area contributed by atoms with E-state index in [2.05, 4.69) is 10.4 Å². The maximum atomic E-state index is 12.6. The molecule has 1 aromatic heterocycles. The molecule has 0 spiro atoms. The van der Waals surface area contributed by atoms with Crippen molar-refractivity contribution < 1.29 is 29.0 Å². The van der Waals surface area contributed by atoms with Crippen molar-refractivity contribution in [3.63, 3.8) is 0 Å². The van der Waals surface area contributed by atoms with Gasteiger partial charge in [0.05, 0.1) is 12.3 Å². The van der Waals surface area contributed by atoms with Crippen molar-refractivity contribution >= 4 is 29.6 Å². The van der Waals surface area contributed by atoms with Crippen molar-refractivity contribution in [1.29, 1.82) is 0 Å². The summed E-state index contributed by atoms with van der Waals surface area (Å²) >= 11 is 6.36. The van der Waals surface area contributed by atoms with Gasteiger partial charge in [-0.25, -0.2) is 14.3 Å². The van der Waals surface area contributed by atoms with Crippen LogP contribution in [0.15, 0.2) is 48.5 Å². The first-order valence-electron chi connectivity index (χ1n) is 11.5. The number of aryl methyl sites for hydroxylation is 1. The molecule has 1 unspecified atom stereocenters. The number of fused-ring (bicyclic) bond motifs is 3. The number of aliphatic carboxylic acids is 1. The molecule has 1 aliphatic rings. The zero-order chi connectivity index (χ0) is 25.8. The number of alkyl carbamates (subject to hydrolysis) is 1. The van der Waals surface area contributed by atoms with Crippen molar-refractivity contribution in [3.05, 3.63) is 76.1 Å². The number of carbonyl (C=O) groups is 3. The number of nitrogens with zero attached hydrogens (tertiary/aromatic N) is 2. The highest BCUT2D eigenvalue weighted by Gasteiger charge is 2.30. The van der Waals surface area contributed by atoms with Gasteiger partial charge in [-0.05, 0) is 36.1 Å². The van der Waals surface area contributed by atoms with Gasteiger partial charge in [0.2, 0.25) is 0 Å². The minimum absolute atomic E-state index is 0.0590. The number of carboxylic acids is 1. The number of benzene rings is 2. The third kappa shape index (κ3) is 5.21. The van der Waals surface area contributed by atoms with Gasteiger partial charge in [-0.15, -0.1) is 0 Å². The minimum atomic E-state index is -1.31. The second-order valence-electron chi connectivity index (χ2n) is 8.38. The van der Waals surface area contributed by atoms with Gasteiger partial charge in [-0.1, -0.05) is 60.1 Å². The summed E-state index contributed by atoms with van der Waals surface area (Å²) in [6, 6.07) is 14.6. The van der Waals surface area contributed by atoms with Crippen molar-refractivity contribution in [1.82, 2.24) is 15.1 Å². The van der Waals surface area contributed by atoms with E-state index in [9.17, 15) is 19.5 Å². The molecule has 2 N–H and O–H groups in total. The number of rotatable bonds is 9. The highest BCUT2D eigenvalue weighted by Crippen LogP contribution is 2.44. The molecule has 9 nitrogen and oxygen atoms in total. The average molecular weight is 512 g/mol.